The summed E-state index contributed by atoms with van der Waals surface area (Å²) in [5.74, 6) is -1.46. The molecule has 0 radical (unpaired) electrons. The van der Waals surface area contributed by atoms with Gasteiger partial charge in [-0.25, -0.2) is 13.8 Å². The van der Waals surface area contributed by atoms with Crippen molar-refractivity contribution in [1.82, 2.24) is 14.7 Å². The number of benzene rings is 1. The number of thiophene rings is 1. The number of hydrogen-bond acceptors (Lipinski definition) is 4. The summed E-state index contributed by atoms with van der Waals surface area (Å²) in [6.07, 6.45) is 2.01. The Labute approximate surface area is 143 Å². The monoisotopic (exact) mass is 363 g/mol. The molecule has 0 aliphatic carbocycles. The molecule has 1 aromatic carbocycles. The SMILES string of the molecule is O=C(NCCc1c(F)cccc1F)c1cc2c(nc3sccn32)s1. The number of carbonyl (C=O) groups is 1. The third kappa shape index (κ3) is 2.57. The van der Waals surface area contributed by atoms with Crippen LogP contribution in [0.15, 0.2) is 35.8 Å². The van der Waals surface area contributed by atoms with Crippen molar-refractivity contribution in [3.8, 4) is 0 Å². The summed E-state index contributed by atoms with van der Waals surface area (Å²) in [4.78, 5) is 18.9. The molecule has 4 aromatic rings. The Bertz CT molecular complexity index is 1030. The molecule has 3 aromatic heterocycles. The van der Waals surface area contributed by atoms with E-state index in [2.05, 4.69) is 10.3 Å². The van der Waals surface area contributed by atoms with Crippen molar-refractivity contribution in [2.24, 2.45) is 0 Å². The number of hydrogen-bond donors (Lipinski definition) is 1. The first-order valence-corrected chi connectivity index (χ1v) is 8.89. The van der Waals surface area contributed by atoms with Crippen molar-refractivity contribution in [3.05, 3.63) is 57.9 Å². The second-order valence-electron chi connectivity index (χ2n) is 5.17. The third-order valence-electron chi connectivity index (χ3n) is 3.69. The number of imidazole rings is 1. The maximum Gasteiger partial charge on any atom is 0.261 e. The van der Waals surface area contributed by atoms with Crippen LogP contribution in [0.1, 0.15) is 15.2 Å². The first-order chi connectivity index (χ1) is 11.6. The van der Waals surface area contributed by atoms with Crippen LogP contribution < -0.4 is 5.32 Å². The second kappa shape index (κ2) is 5.95. The van der Waals surface area contributed by atoms with E-state index < -0.39 is 11.6 Å². The van der Waals surface area contributed by atoms with E-state index in [1.165, 1.54) is 40.9 Å². The lowest BCUT2D eigenvalue weighted by molar-refractivity contribution is 0.0958. The van der Waals surface area contributed by atoms with Crippen LogP contribution in [0.5, 0.6) is 0 Å². The van der Waals surface area contributed by atoms with E-state index in [1.807, 2.05) is 16.0 Å². The first kappa shape index (κ1) is 15.2. The Hall–Kier alpha value is -2.32. The van der Waals surface area contributed by atoms with Crippen molar-refractivity contribution in [2.45, 2.75) is 6.42 Å². The van der Waals surface area contributed by atoms with Crippen LogP contribution in [-0.4, -0.2) is 21.8 Å². The molecule has 0 saturated heterocycles. The third-order valence-corrected chi connectivity index (χ3v) is 5.46. The summed E-state index contributed by atoms with van der Waals surface area (Å²) in [5.41, 5.74) is 0.876. The van der Waals surface area contributed by atoms with E-state index in [1.54, 1.807) is 6.07 Å². The zero-order valence-corrected chi connectivity index (χ0v) is 13.9. The molecule has 0 unspecified atom stereocenters. The van der Waals surface area contributed by atoms with Gasteiger partial charge in [-0.3, -0.25) is 9.20 Å². The number of nitrogens with one attached hydrogen (secondary N) is 1. The van der Waals surface area contributed by atoms with E-state index in [0.29, 0.717) is 4.88 Å². The number of halogens is 2. The van der Waals surface area contributed by atoms with Gasteiger partial charge in [-0.1, -0.05) is 6.07 Å². The van der Waals surface area contributed by atoms with E-state index in [4.69, 9.17) is 0 Å². The molecule has 8 heteroatoms. The summed E-state index contributed by atoms with van der Waals surface area (Å²) in [6.45, 7) is 0.160. The molecule has 24 heavy (non-hydrogen) atoms. The Kier molecular flexibility index (Phi) is 3.78. The van der Waals surface area contributed by atoms with Crippen LogP contribution in [0.3, 0.4) is 0 Å². The Morgan fingerprint density at radius 3 is 2.88 bits per heavy atom. The Morgan fingerprint density at radius 1 is 1.29 bits per heavy atom. The van der Waals surface area contributed by atoms with Gasteiger partial charge in [0, 0.05) is 23.7 Å². The van der Waals surface area contributed by atoms with E-state index >= 15 is 0 Å². The maximum atomic E-state index is 13.6. The molecule has 3 heterocycles. The number of thiazole rings is 1. The average molecular weight is 363 g/mol. The summed E-state index contributed by atoms with van der Waals surface area (Å²) >= 11 is 2.84. The largest absolute Gasteiger partial charge is 0.351 e. The van der Waals surface area contributed by atoms with Crippen LogP contribution >= 0.6 is 22.7 Å². The molecule has 1 amide bonds. The van der Waals surface area contributed by atoms with Crippen LogP contribution in [0.25, 0.3) is 15.3 Å². The molecule has 0 bridgehead atoms. The van der Waals surface area contributed by atoms with Gasteiger partial charge < -0.3 is 5.32 Å². The van der Waals surface area contributed by atoms with E-state index in [-0.39, 0.29) is 24.4 Å². The van der Waals surface area contributed by atoms with Gasteiger partial charge in [0.15, 0.2) is 4.96 Å². The van der Waals surface area contributed by atoms with Gasteiger partial charge in [-0.15, -0.1) is 22.7 Å². The standard InChI is InChI=1S/C16H11F2N3OS2/c17-10-2-1-3-11(18)9(10)4-5-19-14(22)13-8-12-15(24-13)20-16-21(12)6-7-23-16/h1-3,6-8H,4-5H2,(H,19,22). The fourth-order valence-corrected chi connectivity index (χ4v) is 4.24. The predicted octanol–water partition coefficient (Wildman–Crippen LogP) is 3.86. The molecule has 0 saturated carbocycles. The molecule has 0 spiro atoms. The van der Waals surface area contributed by atoms with Gasteiger partial charge in [-0.05, 0) is 24.6 Å². The summed E-state index contributed by atoms with van der Waals surface area (Å²) in [7, 11) is 0. The van der Waals surface area contributed by atoms with Gasteiger partial charge >= 0.3 is 0 Å². The van der Waals surface area contributed by atoms with Crippen molar-refractivity contribution in [1.29, 1.82) is 0 Å². The number of aromatic nitrogens is 2. The lowest BCUT2D eigenvalue weighted by Gasteiger charge is -2.06. The second-order valence-corrected chi connectivity index (χ2v) is 7.08. The summed E-state index contributed by atoms with van der Waals surface area (Å²) in [6, 6.07) is 5.52. The van der Waals surface area contributed by atoms with Crippen LogP contribution in [0.2, 0.25) is 0 Å². The highest BCUT2D eigenvalue weighted by Crippen LogP contribution is 2.28. The fourth-order valence-electron chi connectivity index (χ4n) is 2.52. The smallest absolute Gasteiger partial charge is 0.261 e. The predicted molar refractivity (Wildman–Crippen MR) is 90.8 cm³/mol. The van der Waals surface area contributed by atoms with Crippen molar-refractivity contribution >= 4 is 43.9 Å². The molecule has 0 aliphatic heterocycles. The summed E-state index contributed by atoms with van der Waals surface area (Å²) < 4.78 is 29.0. The lowest BCUT2D eigenvalue weighted by atomic mass is 10.1. The zero-order chi connectivity index (χ0) is 16.7. The van der Waals surface area contributed by atoms with Crippen molar-refractivity contribution < 1.29 is 13.6 Å². The Morgan fingerprint density at radius 2 is 2.08 bits per heavy atom. The number of rotatable bonds is 4. The molecule has 0 aliphatic rings. The molecule has 4 nitrogen and oxygen atoms in total. The number of amides is 1. The molecule has 1 N–H and O–H groups in total. The van der Waals surface area contributed by atoms with Crippen LogP contribution in [0.4, 0.5) is 8.78 Å². The first-order valence-electron chi connectivity index (χ1n) is 7.19. The van der Waals surface area contributed by atoms with E-state index in [9.17, 15) is 13.6 Å². The summed E-state index contributed by atoms with van der Waals surface area (Å²) in [5, 5.41) is 4.63. The van der Waals surface area contributed by atoms with E-state index in [0.717, 1.165) is 15.3 Å². The van der Waals surface area contributed by atoms with Gasteiger partial charge in [0.25, 0.3) is 5.91 Å². The quantitative estimate of drug-likeness (QED) is 0.598. The van der Waals surface area contributed by atoms with Crippen molar-refractivity contribution in [3.63, 3.8) is 0 Å². The van der Waals surface area contributed by atoms with Crippen LogP contribution in [-0.2, 0) is 6.42 Å². The minimum Gasteiger partial charge on any atom is -0.351 e. The van der Waals surface area contributed by atoms with Crippen LogP contribution in [0, 0.1) is 11.6 Å². The van der Waals surface area contributed by atoms with Gasteiger partial charge in [0.2, 0.25) is 0 Å². The maximum absolute atomic E-state index is 13.6. The molecule has 122 valence electrons. The minimum absolute atomic E-state index is 0.0139. The molecule has 0 fully saturated rings. The highest BCUT2D eigenvalue weighted by atomic mass is 32.1. The highest BCUT2D eigenvalue weighted by Gasteiger charge is 2.15. The lowest BCUT2D eigenvalue weighted by Crippen LogP contribution is -2.25. The van der Waals surface area contributed by atoms with Gasteiger partial charge in [0.05, 0.1) is 10.4 Å². The molecular formula is C16H11F2N3OS2. The molecular weight excluding hydrogens is 352 g/mol. The number of nitrogens with zero attached hydrogens (tertiary/aromatic N) is 2. The number of fused-ring (bicyclic) bond motifs is 3. The minimum atomic E-state index is -0.598. The number of carbonyl (C=O) groups excluding carboxylic acids is 1. The fraction of sp³-hybridized carbons (Fsp3) is 0.125. The topological polar surface area (TPSA) is 46.4 Å². The normalized spacial score (nSPS) is 11.4. The molecule has 4 rings (SSSR count). The van der Waals surface area contributed by atoms with Gasteiger partial charge in [0.1, 0.15) is 16.5 Å². The average Bonchev–Trinajstić information content (AvgIpc) is 3.21. The Balaban J connectivity index is 1.47. The van der Waals surface area contributed by atoms with Gasteiger partial charge in [-0.2, -0.15) is 0 Å². The highest BCUT2D eigenvalue weighted by molar-refractivity contribution is 7.21. The molecule has 0 atom stereocenters. The van der Waals surface area contributed by atoms with Crippen molar-refractivity contribution in [2.75, 3.05) is 6.54 Å². The zero-order valence-electron chi connectivity index (χ0n) is 12.3.